The van der Waals surface area contributed by atoms with Crippen LogP contribution in [-0.4, -0.2) is 34.3 Å². The van der Waals surface area contributed by atoms with Crippen LogP contribution in [0.4, 0.5) is 5.69 Å². The van der Waals surface area contributed by atoms with Gasteiger partial charge in [-0.15, -0.1) is 10.2 Å². The van der Waals surface area contributed by atoms with Gasteiger partial charge >= 0.3 is 0 Å². The van der Waals surface area contributed by atoms with Gasteiger partial charge in [-0.2, -0.15) is 0 Å². The van der Waals surface area contributed by atoms with Crippen LogP contribution in [0.15, 0.2) is 64.9 Å². The maximum atomic E-state index is 12.5. The number of nitrogens with one attached hydrogen (secondary N) is 1. The molecule has 11 heteroatoms. The van der Waals surface area contributed by atoms with E-state index in [1.54, 1.807) is 30.0 Å². The van der Waals surface area contributed by atoms with E-state index in [1.807, 2.05) is 12.1 Å². The molecular weight excluding hydrogens is 422 g/mol. The van der Waals surface area contributed by atoms with Gasteiger partial charge in [0.05, 0.1) is 15.8 Å². The summed E-state index contributed by atoms with van der Waals surface area (Å²) in [4.78, 5) is 12.4. The maximum absolute atomic E-state index is 12.5. The summed E-state index contributed by atoms with van der Waals surface area (Å²) in [5, 5.41) is 16.4. The third-order valence-electron chi connectivity index (χ3n) is 3.70. The second kappa shape index (κ2) is 8.31. The van der Waals surface area contributed by atoms with Crippen LogP contribution in [0.1, 0.15) is 6.92 Å². The first kappa shape index (κ1) is 20.3. The van der Waals surface area contributed by atoms with E-state index in [1.165, 1.54) is 36.0 Å². The number of halogens is 1. The number of aromatic nitrogens is 3. The van der Waals surface area contributed by atoms with E-state index < -0.39 is 15.3 Å². The van der Waals surface area contributed by atoms with Crippen molar-refractivity contribution in [3.05, 3.63) is 59.9 Å². The number of hydrogen-bond donors (Lipinski definition) is 2. The van der Waals surface area contributed by atoms with Crippen molar-refractivity contribution in [2.45, 2.75) is 22.2 Å². The second-order valence-corrected chi connectivity index (χ2v) is 9.09. The molecule has 1 heterocycles. The first-order valence-electron chi connectivity index (χ1n) is 8.00. The third-order valence-corrected chi connectivity index (χ3v) is 5.93. The lowest BCUT2D eigenvalue weighted by molar-refractivity contribution is -0.115. The van der Waals surface area contributed by atoms with Crippen LogP contribution in [0, 0.1) is 0 Å². The normalized spacial score (nSPS) is 12.5. The quantitative estimate of drug-likeness (QED) is 0.572. The number of nitrogens with two attached hydrogens (primary N) is 1. The van der Waals surface area contributed by atoms with Gasteiger partial charge in [-0.1, -0.05) is 29.4 Å². The molecule has 28 heavy (non-hydrogen) atoms. The summed E-state index contributed by atoms with van der Waals surface area (Å²) < 4.78 is 24.3. The van der Waals surface area contributed by atoms with Crippen LogP contribution >= 0.6 is 23.4 Å². The van der Waals surface area contributed by atoms with Gasteiger partial charge in [-0.05, 0) is 49.4 Å². The molecule has 0 saturated carbocycles. The van der Waals surface area contributed by atoms with Gasteiger partial charge in [0, 0.05) is 10.7 Å². The van der Waals surface area contributed by atoms with E-state index in [-0.39, 0.29) is 10.8 Å². The number of anilines is 1. The van der Waals surface area contributed by atoms with Gasteiger partial charge in [0.25, 0.3) is 0 Å². The molecule has 1 aromatic heterocycles. The van der Waals surface area contributed by atoms with E-state index in [9.17, 15) is 13.2 Å². The minimum absolute atomic E-state index is 0.0254. The van der Waals surface area contributed by atoms with Crippen molar-refractivity contribution < 1.29 is 13.2 Å². The fourth-order valence-electron chi connectivity index (χ4n) is 2.29. The molecule has 1 atom stereocenters. The van der Waals surface area contributed by atoms with Gasteiger partial charge in [-0.3, -0.25) is 9.36 Å². The Labute approximate surface area is 171 Å². The van der Waals surface area contributed by atoms with Gasteiger partial charge in [0.2, 0.25) is 15.9 Å². The van der Waals surface area contributed by atoms with Gasteiger partial charge in [-0.25, -0.2) is 13.6 Å². The van der Waals surface area contributed by atoms with E-state index in [2.05, 4.69) is 15.5 Å². The number of rotatable bonds is 6. The minimum Gasteiger partial charge on any atom is -0.325 e. The summed E-state index contributed by atoms with van der Waals surface area (Å²) >= 11 is 7.26. The fourth-order valence-corrected chi connectivity index (χ4v) is 3.83. The van der Waals surface area contributed by atoms with Gasteiger partial charge < -0.3 is 5.32 Å². The minimum atomic E-state index is -3.78. The molecule has 0 aliphatic carbocycles. The van der Waals surface area contributed by atoms with E-state index in [0.29, 0.717) is 15.9 Å². The first-order valence-corrected chi connectivity index (χ1v) is 10.8. The van der Waals surface area contributed by atoms with Crippen molar-refractivity contribution in [3.63, 3.8) is 0 Å². The zero-order chi connectivity index (χ0) is 20.3. The number of carbonyl (C=O) groups excluding carboxylic acids is 1. The predicted octanol–water partition coefficient (Wildman–Crippen LogP) is 2.69. The molecule has 3 rings (SSSR count). The predicted molar refractivity (Wildman–Crippen MR) is 108 cm³/mol. The number of sulfonamides is 1. The number of carbonyl (C=O) groups is 1. The highest BCUT2D eigenvalue weighted by atomic mass is 35.5. The van der Waals surface area contributed by atoms with Gasteiger partial charge in [0.1, 0.15) is 6.33 Å². The van der Waals surface area contributed by atoms with E-state index >= 15 is 0 Å². The average molecular weight is 438 g/mol. The molecule has 3 aromatic rings. The number of benzene rings is 2. The van der Waals surface area contributed by atoms with E-state index in [4.69, 9.17) is 16.7 Å². The molecule has 0 aliphatic rings. The molecule has 0 bridgehead atoms. The summed E-state index contributed by atoms with van der Waals surface area (Å²) in [7, 11) is -3.78. The lowest BCUT2D eigenvalue weighted by Gasteiger charge is -2.13. The largest absolute Gasteiger partial charge is 0.325 e. The van der Waals surface area contributed by atoms with Crippen molar-refractivity contribution in [2.24, 2.45) is 5.14 Å². The summed E-state index contributed by atoms with van der Waals surface area (Å²) in [6.07, 6.45) is 1.55. The third kappa shape index (κ3) is 4.90. The van der Waals surface area contributed by atoms with Crippen LogP contribution in [0.2, 0.25) is 5.02 Å². The standard InChI is InChI=1S/C17H16ClN5O3S2/c1-11(16(24)21-13-5-7-15(8-6-13)28(19,25)26)27-17-22-20-10-23(17)14-4-2-3-12(18)9-14/h2-11H,1H3,(H,21,24)(H2,19,25,26). The zero-order valence-corrected chi connectivity index (χ0v) is 17.0. The number of thioether (sulfide) groups is 1. The highest BCUT2D eigenvalue weighted by molar-refractivity contribution is 8.00. The summed E-state index contributed by atoms with van der Waals surface area (Å²) in [6.45, 7) is 1.73. The number of nitrogens with zero attached hydrogens (tertiary/aromatic N) is 3. The molecule has 1 amide bonds. The number of primary sulfonamides is 1. The van der Waals surface area contributed by atoms with Crippen LogP contribution in [-0.2, 0) is 14.8 Å². The van der Waals surface area contributed by atoms with Crippen molar-refractivity contribution in [1.82, 2.24) is 14.8 Å². The molecule has 1 unspecified atom stereocenters. The Morgan fingerprint density at radius 3 is 2.61 bits per heavy atom. The van der Waals surface area contributed by atoms with Crippen molar-refractivity contribution >= 4 is 45.0 Å². The monoisotopic (exact) mass is 437 g/mol. The zero-order valence-electron chi connectivity index (χ0n) is 14.6. The summed E-state index contributed by atoms with van der Waals surface area (Å²) in [6, 6.07) is 12.8. The van der Waals surface area contributed by atoms with E-state index in [0.717, 1.165) is 5.69 Å². The Morgan fingerprint density at radius 1 is 1.25 bits per heavy atom. The van der Waals surface area contributed by atoms with Gasteiger partial charge in [0.15, 0.2) is 5.16 Å². The molecule has 0 saturated heterocycles. The Bertz CT molecular complexity index is 1100. The summed E-state index contributed by atoms with van der Waals surface area (Å²) in [5.74, 6) is -0.269. The lowest BCUT2D eigenvalue weighted by Crippen LogP contribution is -2.23. The summed E-state index contributed by atoms with van der Waals surface area (Å²) in [5.41, 5.74) is 1.24. The average Bonchev–Trinajstić information content (AvgIpc) is 3.09. The number of hydrogen-bond acceptors (Lipinski definition) is 6. The molecule has 146 valence electrons. The second-order valence-electron chi connectivity index (χ2n) is 5.78. The highest BCUT2D eigenvalue weighted by Gasteiger charge is 2.19. The molecule has 0 radical (unpaired) electrons. The van der Waals surface area contributed by atoms with Crippen LogP contribution < -0.4 is 10.5 Å². The molecule has 2 aromatic carbocycles. The Morgan fingerprint density at radius 2 is 1.96 bits per heavy atom. The van der Waals surface area contributed by atoms with Crippen molar-refractivity contribution in [2.75, 3.05) is 5.32 Å². The van der Waals surface area contributed by atoms with Crippen molar-refractivity contribution in [1.29, 1.82) is 0 Å². The molecule has 8 nitrogen and oxygen atoms in total. The maximum Gasteiger partial charge on any atom is 0.238 e. The smallest absolute Gasteiger partial charge is 0.238 e. The fraction of sp³-hybridized carbons (Fsp3) is 0.118. The van der Waals surface area contributed by atoms with Crippen LogP contribution in [0.25, 0.3) is 5.69 Å². The Balaban J connectivity index is 1.69. The van der Waals surface area contributed by atoms with Crippen LogP contribution in [0.3, 0.4) is 0 Å². The van der Waals surface area contributed by atoms with Crippen molar-refractivity contribution in [3.8, 4) is 5.69 Å². The SMILES string of the molecule is CC(Sc1nncn1-c1cccc(Cl)c1)C(=O)Nc1ccc(S(N)(=O)=O)cc1. The molecule has 0 fully saturated rings. The highest BCUT2D eigenvalue weighted by Crippen LogP contribution is 2.26. The number of amides is 1. The molecule has 0 aliphatic heterocycles. The Hall–Kier alpha value is -2.40. The first-order chi connectivity index (χ1) is 13.2. The lowest BCUT2D eigenvalue weighted by atomic mass is 10.3. The topological polar surface area (TPSA) is 120 Å². The molecular formula is C17H16ClN5O3S2. The Kier molecular flexibility index (Phi) is 6.04. The van der Waals surface area contributed by atoms with Crippen LogP contribution in [0.5, 0.6) is 0 Å². The molecule has 3 N–H and O–H groups in total. The molecule has 0 spiro atoms.